The van der Waals surface area contributed by atoms with E-state index in [2.05, 4.69) is 20.9 Å². The van der Waals surface area contributed by atoms with Crippen molar-refractivity contribution in [3.8, 4) is 5.69 Å². The van der Waals surface area contributed by atoms with Gasteiger partial charge in [-0.3, -0.25) is 4.57 Å². The normalized spacial score (nSPS) is 11.3. The van der Waals surface area contributed by atoms with Gasteiger partial charge in [0.1, 0.15) is 11.6 Å². The van der Waals surface area contributed by atoms with Gasteiger partial charge in [-0.25, -0.2) is 9.37 Å². The van der Waals surface area contributed by atoms with Gasteiger partial charge in [-0.2, -0.15) is 0 Å². The molecule has 0 unspecified atom stereocenters. The Morgan fingerprint density at radius 2 is 1.86 bits per heavy atom. The van der Waals surface area contributed by atoms with Crippen molar-refractivity contribution in [2.24, 2.45) is 0 Å². The first-order valence-corrected chi connectivity index (χ1v) is 7.98. The highest BCUT2D eigenvalue weighted by Crippen LogP contribution is 2.34. The third-order valence-electron chi connectivity index (χ3n) is 3.05. The van der Waals surface area contributed by atoms with Gasteiger partial charge in [0.2, 0.25) is 0 Å². The molecule has 3 rings (SSSR count). The summed E-state index contributed by atoms with van der Waals surface area (Å²) in [5, 5.41) is 0.933. The van der Waals surface area contributed by atoms with Crippen molar-refractivity contribution < 1.29 is 4.39 Å². The van der Waals surface area contributed by atoms with E-state index in [-0.39, 0.29) is 5.88 Å². The van der Waals surface area contributed by atoms with E-state index in [1.54, 1.807) is 28.8 Å². The van der Waals surface area contributed by atoms with Crippen LogP contribution in [-0.4, -0.2) is 9.55 Å². The molecular weight excluding hydrogens is 401 g/mol. The van der Waals surface area contributed by atoms with Crippen LogP contribution in [0.3, 0.4) is 0 Å². The first-order chi connectivity index (χ1) is 10.0. The van der Waals surface area contributed by atoms with Gasteiger partial charge < -0.3 is 0 Å². The van der Waals surface area contributed by atoms with Crippen LogP contribution in [0, 0.1) is 5.82 Å². The summed E-state index contributed by atoms with van der Waals surface area (Å²) in [6.45, 7) is 0. The minimum Gasteiger partial charge on any atom is -0.292 e. The number of fused-ring (bicyclic) bond motifs is 1. The first-order valence-electron chi connectivity index (χ1n) is 5.89. The predicted octanol–water partition coefficient (Wildman–Crippen LogP) is 5.97. The molecule has 1 aromatic heterocycles. The van der Waals surface area contributed by atoms with E-state index >= 15 is 0 Å². The predicted molar refractivity (Wildman–Crippen MR) is 88.3 cm³/mol. The molecule has 0 fully saturated rings. The van der Waals surface area contributed by atoms with Gasteiger partial charge in [-0.15, -0.1) is 11.6 Å². The Balaban J connectivity index is 2.43. The van der Waals surface area contributed by atoms with Crippen molar-refractivity contribution in [3.05, 3.63) is 56.5 Å². The molecule has 0 bridgehead atoms. The third kappa shape index (κ3) is 2.55. The molecule has 0 saturated heterocycles. The SMILES string of the molecule is Fc1cc2nc(CCl)n(-c3c(Cl)cccc3Cl)c2cc1Br. The second-order valence-electron chi connectivity index (χ2n) is 4.32. The van der Waals surface area contributed by atoms with E-state index in [1.165, 1.54) is 6.07 Å². The molecule has 1 heterocycles. The van der Waals surface area contributed by atoms with E-state index in [9.17, 15) is 4.39 Å². The second-order valence-corrected chi connectivity index (χ2v) is 6.26. The van der Waals surface area contributed by atoms with Crippen LogP contribution in [0.2, 0.25) is 10.0 Å². The van der Waals surface area contributed by atoms with Gasteiger partial charge in [0, 0.05) is 6.07 Å². The number of nitrogens with zero attached hydrogens (tertiary/aromatic N) is 2. The Labute approximate surface area is 143 Å². The molecule has 0 aliphatic carbocycles. The molecule has 7 heteroatoms. The Morgan fingerprint density at radius 1 is 1.19 bits per heavy atom. The lowest BCUT2D eigenvalue weighted by molar-refractivity contribution is 0.623. The summed E-state index contributed by atoms with van der Waals surface area (Å²) in [4.78, 5) is 4.34. The molecule has 0 aliphatic rings. The van der Waals surface area contributed by atoms with Crippen molar-refractivity contribution >= 4 is 61.8 Å². The molecule has 0 radical (unpaired) electrons. The van der Waals surface area contributed by atoms with Crippen LogP contribution in [-0.2, 0) is 5.88 Å². The van der Waals surface area contributed by atoms with Crippen LogP contribution in [0.4, 0.5) is 4.39 Å². The lowest BCUT2D eigenvalue weighted by Crippen LogP contribution is -2.01. The summed E-state index contributed by atoms with van der Waals surface area (Å²) in [7, 11) is 0. The lowest BCUT2D eigenvalue weighted by atomic mass is 10.2. The standard InChI is InChI=1S/C14H7BrCl3FN2/c15-7-4-12-11(5-10(7)19)20-13(6-16)21(12)14-8(17)2-1-3-9(14)18/h1-5H,6H2. The Morgan fingerprint density at radius 3 is 2.48 bits per heavy atom. The molecule has 21 heavy (non-hydrogen) atoms. The number of benzene rings is 2. The summed E-state index contributed by atoms with van der Waals surface area (Å²) < 4.78 is 15.8. The summed E-state index contributed by atoms with van der Waals surface area (Å²) in [5.74, 6) is 0.299. The summed E-state index contributed by atoms with van der Waals surface area (Å²) in [6, 6.07) is 8.18. The van der Waals surface area contributed by atoms with Crippen molar-refractivity contribution in [1.29, 1.82) is 0 Å². The molecule has 0 amide bonds. The molecule has 2 aromatic carbocycles. The van der Waals surface area contributed by atoms with E-state index in [0.717, 1.165) is 0 Å². The van der Waals surface area contributed by atoms with Crippen LogP contribution in [0.15, 0.2) is 34.8 Å². The van der Waals surface area contributed by atoms with E-state index in [4.69, 9.17) is 34.8 Å². The highest BCUT2D eigenvalue weighted by Gasteiger charge is 2.18. The highest BCUT2D eigenvalue weighted by atomic mass is 79.9. The minimum atomic E-state index is -0.390. The number of alkyl halides is 1. The minimum absolute atomic E-state index is 0.148. The van der Waals surface area contributed by atoms with Crippen molar-refractivity contribution in [2.45, 2.75) is 5.88 Å². The smallest absolute Gasteiger partial charge is 0.139 e. The zero-order valence-corrected chi connectivity index (χ0v) is 14.2. The van der Waals surface area contributed by atoms with Gasteiger partial charge in [0.15, 0.2) is 0 Å². The van der Waals surface area contributed by atoms with Gasteiger partial charge >= 0.3 is 0 Å². The zero-order chi connectivity index (χ0) is 15.1. The summed E-state index contributed by atoms with van der Waals surface area (Å²) in [5.41, 5.74) is 1.74. The van der Waals surface area contributed by atoms with Gasteiger partial charge in [-0.05, 0) is 34.1 Å². The largest absolute Gasteiger partial charge is 0.292 e. The first kappa shape index (κ1) is 15.1. The second kappa shape index (κ2) is 5.76. The average molecular weight is 408 g/mol. The number of para-hydroxylation sites is 1. The fourth-order valence-corrected chi connectivity index (χ4v) is 3.24. The van der Waals surface area contributed by atoms with E-state index < -0.39 is 5.82 Å². The van der Waals surface area contributed by atoms with E-state index in [0.29, 0.717) is 37.1 Å². The number of imidazole rings is 1. The van der Waals surface area contributed by atoms with Gasteiger partial charge in [0.25, 0.3) is 0 Å². The van der Waals surface area contributed by atoms with Crippen molar-refractivity contribution in [2.75, 3.05) is 0 Å². The summed E-state index contributed by atoms with van der Waals surface area (Å²) >= 11 is 21.7. The zero-order valence-electron chi connectivity index (χ0n) is 10.4. The van der Waals surface area contributed by atoms with Crippen LogP contribution in [0.1, 0.15) is 5.82 Å². The molecule has 0 N–H and O–H groups in total. The van der Waals surface area contributed by atoms with Gasteiger partial charge in [-0.1, -0.05) is 29.3 Å². The molecule has 0 spiro atoms. The number of halogens is 5. The molecule has 0 atom stereocenters. The molecule has 2 nitrogen and oxygen atoms in total. The number of hydrogen-bond donors (Lipinski definition) is 0. The Kier molecular flexibility index (Phi) is 4.14. The molecular formula is C14H7BrCl3FN2. The van der Waals surface area contributed by atoms with Crippen LogP contribution < -0.4 is 0 Å². The van der Waals surface area contributed by atoms with Gasteiger partial charge in [0.05, 0.1) is 37.1 Å². The molecule has 3 aromatic rings. The van der Waals surface area contributed by atoms with E-state index in [1.807, 2.05) is 0 Å². The molecule has 108 valence electrons. The third-order valence-corrected chi connectivity index (χ3v) is 4.50. The maximum atomic E-state index is 13.7. The van der Waals surface area contributed by atoms with Crippen LogP contribution >= 0.6 is 50.7 Å². The Bertz CT molecular complexity index is 828. The molecule has 0 saturated carbocycles. The maximum Gasteiger partial charge on any atom is 0.139 e. The number of rotatable bonds is 2. The van der Waals surface area contributed by atoms with Crippen LogP contribution in [0.5, 0.6) is 0 Å². The van der Waals surface area contributed by atoms with Crippen LogP contribution in [0.25, 0.3) is 16.7 Å². The highest BCUT2D eigenvalue weighted by molar-refractivity contribution is 9.10. The Hall–Kier alpha value is -0.810. The molecule has 0 aliphatic heterocycles. The topological polar surface area (TPSA) is 17.8 Å². The number of hydrogen-bond acceptors (Lipinski definition) is 1. The monoisotopic (exact) mass is 406 g/mol. The van der Waals surface area contributed by atoms with Crippen molar-refractivity contribution in [3.63, 3.8) is 0 Å². The van der Waals surface area contributed by atoms with Crippen molar-refractivity contribution in [1.82, 2.24) is 9.55 Å². The summed E-state index contributed by atoms with van der Waals surface area (Å²) in [6.07, 6.45) is 0. The lowest BCUT2D eigenvalue weighted by Gasteiger charge is -2.12. The number of aromatic nitrogens is 2. The average Bonchev–Trinajstić information content (AvgIpc) is 2.77. The fraction of sp³-hybridized carbons (Fsp3) is 0.0714. The maximum absolute atomic E-state index is 13.7. The fourth-order valence-electron chi connectivity index (χ4n) is 2.16. The quantitative estimate of drug-likeness (QED) is 0.478.